The minimum atomic E-state index is 0.703. The Kier molecular flexibility index (Phi) is 5.80. The van der Waals surface area contributed by atoms with E-state index < -0.39 is 0 Å². The predicted octanol–water partition coefficient (Wildman–Crippen LogP) is 3.92. The van der Waals surface area contributed by atoms with Gasteiger partial charge in [0, 0.05) is 29.5 Å². The second-order valence-corrected chi connectivity index (χ2v) is 5.91. The first-order valence-corrected chi connectivity index (χ1v) is 7.81. The van der Waals surface area contributed by atoms with E-state index in [4.69, 9.17) is 16.3 Å². The maximum absolute atomic E-state index is 5.85. The Bertz CT molecular complexity index is 353. The van der Waals surface area contributed by atoms with Crippen LogP contribution in [0.25, 0.3) is 0 Å². The number of benzene rings is 1. The molecule has 18 heavy (non-hydrogen) atoms. The Morgan fingerprint density at radius 1 is 1.22 bits per heavy atom. The SMILES string of the molecule is ClCCN(CCOc1ccc(Br)cc1)C1CCC1. The molecule has 0 spiro atoms. The Hall–Kier alpha value is -0.250. The van der Waals surface area contributed by atoms with Crippen LogP contribution in [-0.2, 0) is 0 Å². The second-order valence-electron chi connectivity index (χ2n) is 4.61. The molecule has 0 unspecified atom stereocenters. The maximum atomic E-state index is 5.85. The van der Waals surface area contributed by atoms with Crippen molar-refractivity contribution in [1.82, 2.24) is 4.90 Å². The summed E-state index contributed by atoms with van der Waals surface area (Å²) in [6.07, 6.45) is 3.99. The summed E-state index contributed by atoms with van der Waals surface area (Å²) in [5.74, 6) is 1.63. The van der Waals surface area contributed by atoms with Gasteiger partial charge >= 0.3 is 0 Å². The average molecular weight is 333 g/mol. The molecule has 1 fully saturated rings. The number of hydrogen-bond donors (Lipinski definition) is 0. The Balaban J connectivity index is 1.73. The van der Waals surface area contributed by atoms with Gasteiger partial charge in [0.05, 0.1) is 0 Å². The Morgan fingerprint density at radius 3 is 2.50 bits per heavy atom. The van der Waals surface area contributed by atoms with E-state index in [2.05, 4.69) is 20.8 Å². The molecule has 4 heteroatoms. The van der Waals surface area contributed by atoms with E-state index in [1.165, 1.54) is 19.3 Å². The van der Waals surface area contributed by atoms with Gasteiger partial charge in [0.1, 0.15) is 12.4 Å². The van der Waals surface area contributed by atoms with Gasteiger partial charge in [0.15, 0.2) is 0 Å². The van der Waals surface area contributed by atoms with Crippen LogP contribution < -0.4 is 4.74 Å². The average Bonchev–Trinajstić information content (AvgIpc) is 2.30. The first-order valence-electron chi connectivity index (χ1n) is 6.48. The summed E-state index contributed by atoms with van der Waals surface area (Å²) in [4.78, 5) is 2.45. The van der Waals surface area contributed by atoms with Gasteiger partial charge in [0.2, 0.25) is 0 Å². The van der Waals surface area contributed by atoms with Crippen molar-refractivity contribution < 1.29 is 4.74 Å². The van der Waals surface area contributed by atoms with Crippen LogP contribution in [-0.4, -0.2) is 36.5 Å². The van der Waals surface area contributed by atoms with Gasteiger partial charge in [-0.25, -0.2) is 0 Å². The summed E-state index contributed by atoms with van der Waals surface area (Å²) in [6.45, 7) is 2.67. The molecule has 1 aromatic carbocycles. The van der Waals surface area contributed by atoms with Crippen molar-refractivity contribution in [1.29, 1.82) is 0 Å². The molecule has 0 aromatic heterocycles. The molecule has 100 valence electrons. The van der Waals surface area contributed by atoms with E-state index in [0.717, 1.165) is 36.0 Å². The molecule has 0 N–H and O–H groups in total. The topological polar surface area (TPSA) is 12.5 Å². The quantitative estimate of drug-likeness (QED) is 0.702. The van der Waals surface area contributed by atoms with E-state index in [0.29, 0.717) is 5.88 Å². The summed E-state index contributed by atoms with van der Waals surface area (Å²) in [7, 11) is 0. The number of alkyl halides is 1. The minimum absolute atomic E-state index is 0.703. The van der Waals surface area contributed by atoms with Crippen LogP contribution in [0.4, 0.5) is 0 Å². The Labute approximate surface area is 122 Å². The molecule has 0 aliphatic heterocycles. The highest BCUT2D eigenvalue weighted by Crippen LogP contribution is 2.24. The number of nitrogens with zero attached hydrogens (tertiary/aromatic N) is 1. The van der Waals surface area contributed by atoms with Crippen molar-refractivity contribution in [2.45, 2.75) is 25.3 Å². The third-order valence-electron chi connectivity index (χ3n) is 3.42. The van der Waals surface area contributed by atoms with Gasteiger partial charge in [-0.1, -0.05) is 22.4 Å². The van der Waals surface area contributed by atoms with Crippen molar-refractivity contribution in [2.75, 3.05) is 25.6 Å². The van der Waals surface area contributed by atoms with E-state index in [9.17, 15) is 0 Å². The highest BCUT2D eigenvalue weighted by atomic mass is 79.9. The summed E-state index contributed by atoms with van der Waals surface area (Å²) in [5.41, 5.74) is 0. The zero-order valence-corrected chi connectivity index (χ0v) is 12.8. The van der Waals surface area contributed by atoms with E-state index in [1.807, 2.05) is 24.3 Å². The molecule has 1 aromatic rings. The monoisotopic (exact) mass is 331 g/mol. The fraction of sp³-hybridized carbons (Fsp3) is 0.571. The molecule has 1 saturated carbocycles. The first-order chi connectivity index (χ1) is 8.79. The van der Waals surface area contributed by atoms with Crippen molar-refractivity contribution in [3.05, 3.63) is 28.7 Å². The first kappa shape index (κ1) is 14.2. The highest BCUT2D eigenvalue weighted by molar-refractivity contribution is 9.10. The van der Waals surface area contributed by atoms with Crippen molar-refractivity contribution in [3.8, 4) is 5.75 Å². The molecular weight excluding hydrogens is 314 g/mol. The van der Waals surface area contributed by atoms with E-state index in [1.54, 1.807) is 0 Å². The molecular formula is C14H19BrClNO. The van der Waals surface area contributed by atoms with Crippen LogP contribution in [0.15, 0.2) is 28.7 Å². The molecule has 1 aliphatic carbocycles. The summed E-state index contributed by atoms with van der Waals surface area (Å²) in [6, 6.07) is 8.70. The predicted molar refractivity (Wildman–Crippen MR) is 79.6 cm³/mol. The van der Waals surface area contributed by atoms with Crippen molar-refractivity contribution >= 4 is 27.5 Å². The van der Waals surface area contributed by atoms with Gasteiger partial charge in [-0.15, -0.1) is 11.6 Å². The largest absolute Gasteiger partial charge is 0.492 e. The number of hydrogen-bond acceptors (Lipinski definition) is 2. The van der Waals surface area contributed by atoms with Gasteiger partial charge in [-0.3, -0.25) is 4.90 Å². The molecule has 0 saturated heterocycles. The number of ether oxygens (including phenoxy) is 1. The van der Waals surface area contributed by atoms with Gasteiger partial charge in [-0.2, -0.15) is 0 Å². The minimum Gasteiger partial charge on any atom is -0.492 e. The van der Waals surface area contributed by atoms with Gasteiger partial charge in [-0.05, 0) is 37.1 Å². The third-order valence-corrected chi connectivity index (χ3v) is 4.12. The van der Waals surface area contributed by atoms with Crippen molar-refractivity contribution in [2.24, 2.45) is 0 Å². The lowest BCUT2D eigenvalue weighted by molar-refractivity contribution is 0.113. The zero-order valence-electron chi connectivity index (χ0n) is 10.4. The molecule has 2 nitrogen and oxygen atoms in total. The Morgan fingerprint density at radius 2 is 1.94 bits per heavy atom. The number of halogens is 2. The molecule has 0 bridgehead atoms. The van der Waals surface area contributed by atoms with E-state index >= 15 is 0 Å². The molecule has 0 heterocycles. The second kappa shape index (κ2) is 7.37. The van der Waals surface area contributed by atoms with Crippen LogP contribution in [0, 0.1) is 0 Å². The van der Waals surface area contributed by atoms with Crippen LogP contribution in [0.2, 0.25) is 0 Å². The highest BCUT2D eigenvalue weighted by Gasteiger charge is 2.23. The summed E-state index contributed by atoms with van der Waals surface area (Å²) in [5, 5.41) is 0. The van der Waals surface area contributed by atoms with Crippen molar-refractivity contribution in [3.63, 3.8) is 0 Å². The fourth-order valence-corrected chi connectivity index (χ4v) is 2.63. The zero-order chi connectivity index (χ0) is 12.8. The number of rotatable bonds is 7. The maximum Gasteiger partial charge on any atom is 0.119 e. The molecule has 0 atom stereocenters. The molecule has 1 aliphatic rings. The smallest absolute Gasteiger partial charge is 0.119 e. The summed E-state index contributed by atoms with van der Waals surface area (Å²) < 4.78 is 6.83. The standard InChI is InChI=1S/C14H19BrClNO/c15-12-4-6-14(7-5-12)18-11-10-17(9-8-16)13-2-1-3-13/h4-7,13H,1-3,8-11H2. The van der Waals surface area contributed by atoms with Gasteiger partial charge < -0.3 is 4.74 Å². The van der Waals surface area contributed by atoms with Crippen LogP contribution in [0.1, 0.15) is 19.3 Å². The van der Waals surface area contributed by atoms with Gasteiger partial charge in [0.25, 0.3) is 0 Å². The third kappa shape index (κ3) is 4.15. The summed E-state index contributed by atoms with van der Waals surface area (Å²) >= 11 is 9.26. The fourth-order valence-electron chi connectivity index (χ4n) is 2.15. The van der Waals surface area contributed by atoms with Crippen LogP contribution >= 0.6 is 27.5 Å². The normalized spacial score (nSPS) is 15.7. The molecule has 0 amide bonds. The van der Waals surface area contributed by atoms with Crippen LogP contribution in [0.3, 0.4) is 0 Å². The van der Waals surface area contributed by atoms with Crippen LogP contribution in [0.5, 0.6) is 5.75 Å². The molecule has 0 radical (unpaired) electrons. The lowest BCUT2D eigenvalue weighted by Crippen LogP contribution is -2.43. The molecule has 2 rings (SSSR count). The van der Waals surface area contributed by atoms with E-state index in [-0.39, 0.29) is 0 Å². The lowest BCUT2D eigenvalue weighted by Gasteiger charge is -2.37. The lowest BCUT2D eigenvalue weighted by atomic mass is 9.91.